The summed E-state index contributed by atoms with van der Waals surface area (Å²) < 4.78 is 5.75. The highest BCUT2D eigenvalue weighted by molar-refractivity contribution is 5.78. The molecule has 1 atom stereocenters. The zero-order chi connectivity index (χ0) is 13.0. The van der Waals surface area contributed by atoms with Gasteiger partial charge in [-0.3, -0.25) is 4.79 Å². The Bertz CT molecular complexity index is 290. The quantitative estimate of drug-likeness (QED) is 0.830. The normalized spacial score (nSPS) is 30.8. The Labute approximate surface area is 110 Å². The molecule has 0 aromatic rings. The molecular weight excluding hydrogens is 228 g/mol. The summed E-state index contributed by atoms with van der Waals surface area (Å²) in [5.41, 5.74) is 5.38. The minimum absolute atomic E-state index is 0.173. The molecule has 18 heavy (non-hydrogen) atoms. The third-order valence-electron chi connectivity index (χ3n) is 4.29. The fourth-order valence-corrected chi connectivity index (χ4v) is 3.17. The molecule has 1 aliphatic heterocycles. The van der Waals surface area contributed by atoms with Crippen molar-refractivity contribution < 1.29 is 9.53 Å². The third-order valence-corrected chi connectivity index (χ3v) is 4.29. The SMILES string of the molecule is CC1(CCCN)CN(C2CCCCC2)C(=O)CO1. The topological polar surface area (TPSA) is 55.6 Å². The van der Waals surface area contributed by atoms with Crippen LogP contribution in [0.25, 0.3) is 0 Å². The lowest BCUT2D eigenvalue weighted by molar-refractivity contribution is -0.167. The summed E-state index contributed by atoms with van der Waals surface area (Å²) in [5, 5.41) is 0. The monoisotopic (exact) mass is 254 g/mol. The van der Waals surface area contributed by atoms with Gasteiger partial charge in [0.05, 0.1) is 5.60 Å². The first-order chi connectivity index (χ1) is 8.64. The van der Waals surface area contributed by atoms with E-state index in [2.05, 4.69) is 11.8 Å². The van der Waals surface area contributed by atoms with E-state index >= 15 is 0 Å². The van der Waals surface area contributed by atoms with Crippen LogP contribution in [0, 0.1) is 0 Å². The molecule has 0 aromatic heterocycles. The van der Waals surface area contributed by atoms with Gasteiger partial charge in [-0.1, -0.05) is 19.3 Å². The van der Waals surface area contributed by atoms with E-state index in [9.17, 15) is 4.79 Å². The van der Waals surface area contributed by atoms with Crippen LogP contribution in [0.15, 0.2) is 0 Å². The van der Waals surface area contributed by atoms with Crippen LogP contribution in [0.5, 0.6) is 0 Å². The van der Waals surface area contributed by atoms with Crippen molar-refractivity contribution >= 4 is 5.91 Å². The first-order valence-electron chi connectivity index (χ1n) is 7.28. The second kappa shape index (κ2) is 6.02. The van der Waals surface area contributed by atoms with Crippen LogP contribution in [0.3, 0.4) is 0 Å². The summed E-state index contributed by atoms with van der Waals surface area (Å²) in [5.74, 6) is 0.173. The highest BCUT2D eigenvalue weighted by Crippen LogP contribution is 2.29. The fourth-order valence-electron chi connectivity index (χ4n) is 3.17. The number of morpholine rings is 1. The Balaban J connectivity index is 1.97. The van der Waals surface area contributed by atoms with E-state index in [-0.39, 0.29) is 18.1 Å². The molecule has 1 unspecified atom stereocenters. The molecule has 2 aliphatic rings. The molecule has 1 amide bonds. The number of ether oxygens (including phenoxy) is 1. The van der Waals surface area contributed by atoms with Gasteiger partial charge in [0.2, 0.25) is 5.91 Å². The van der Waals surface area contributed by atoms with Crippen LogP contribution in [-0.4, -0.2) is 42.1 Å². The maximum atomic E-state index is 12.0. The summed E-state index contributed by atoms with van der Waals surface area (Å²) in [7, 11) is 0. The minimum Gasteiger partial charge on any atom is -0.364 e. The molecule has 0 spiro atoms. The van der Waals surface area contributed by atoms with Gasteiger partial charge < -0.3 is 15.4 Å². The maximum Gasteiger partial charge on any atom is 0.248 e. The Morgan fingerprint density at radius 3 is 2.78 bits per heavy atom. The standard InChI is InChI=1S/C14H26N2O2/c1-14(8-5-9-15)11-16(13(17)10-18-14)12-6-3-2-4-7-12/h12H,2-11,15H2,1H3. The average molecular weight is 254 g/mol. The van der Waals surface area contributed by atoms with Gasteiger partial charge in [0, 0.05) is 12.6 Å². The van der Waals surface area contributed by atoms with Crippen LogP contribution in [0.1, 0.15) is 51.9 Å². The Morgan fingerprint density at radius 1 is 1.39 bits per heavy atom. The predicted octanol–water partition coefficient (Wildman–Crippen LogP) is 1.68. The van der Waals surface area contributed by atoms with E-state index < -0.39 is 0 Å². The minimum atomic E-state index is -0.190. The second-order valence-corrected chi connectivity index (χ2v) is 5.94. The summed E-state index contributed by atoms with van der Waals surface area (Å²) in [6.45, 7) is 3.80. The third kappa shape index (κ3) is 3.23. The molecule has 0 aromatic carbocycles. The number of rotatable bonds is 4. The van der Waals surface area contributed by atoms with Gasteiger partial charge >= 0.3 is 0 Å². The number of amides is 1. The van der Waals surface area contributed by atoms with Crippen molar-refractivity contribution in [2.75, 3.05) is 19.7 Å². The van der Waals surface area contributed by atoms with Crippen molar-refractivity contribution in [1.82, 2.24) is 4.90 Å². The molecule has 0 radical (unpaired) electrons. The number of carbonyl (C=O) groups excluding carboxylic acids is 1. The molecule has 2 fully saturated rings. The van der Waals surface area contributed by atoms with Crippen molar-refractivity contribution in [2.24, 2.45) is 5.73 Å². The molecule has 1 saturated carbocycles. The van der Waals surface area contributed by atoms with Gasteiger partial charge in [0.25, 0.3) is 0 Å². The van der Waals surface area contributed by atoms with Gasteiger partial charge in [-0.05, 0) is 39.2 Å². The molecular formula is C14H26N2O2. The van der Waals surface area contributed by atoms with Gasteiger partial charge in [-0.15, -0.1) is 0 Å². The zero-order valence-corrected chi connectivity index (χ0v) is 11.5. The number of nitrogens with zero attached hydrogens (tertiary/aromatic N) is 1. The van der Waals surface area contributed by atoms with Crippen LogP contribution in [0.4, 0.5) is 0 Å². The average Bonchev–Trinajstić information content (AvgIpc) is 2.41. The molecule has 2 N–H and O–H groups in total. The van der Waals surface area contributed by atoms with Gasteiger partial charge in [0.15, 0.2) is 0 Å². The predicted molar refractivity (Wildman–Crippen MR) is 71.2 cm³/mol. The lowest BCUT2D eigenvalue weighted by atomic mass is 9.91. The first kappa shape index (κ1) is 13.8. The molecule has 104 valence electrons. The molecule has 1 heterocycles. The Morgan fingerprint density at radius 2 is 2.11 bits per heavy atom. The lowest BCUT2D eigenvalue weighted by Gasteiger charge is -2.44. The van der Waals surface area contributed by atoms with Crippen molar-refractivity contribution in [2.45, 2.75) is 63.5 Å². The van der Waals surface area contributed by atoms with E-state index in [1.807, 2.05) is 0 Å². The number of carbonyl (C=O) groups is 1. The van der Waals surface area contributed by atoms with Crippen LogP contribution in [0.2, 0.25) is 0 Å². The van der Waals surface area contributed by atoms with E-state index in [4.69, 9.17) is 10.5 Å². The van der Waals surface area contributed by atoms with Crippen LogP contribution in [-0.2, 0) is 9.53 Å². The van der Waals surface area contributed by atoms with Crippen molar-refractivity contribution in [1.29, 1.82) is 0 Å². The lowest BCUT2D eigenvalue weighted by Crippen LogP contribution is -2.56. The Kier molecular flexibility index (Phi) is 4.62. The van der Waals surface area contributed by atoms with Gasteiger partial charge in [-0.2, -0.15) is 0 Å². The highest BCUT2D eigenvalue weighted by Gasteiger charge is 2.38. The second-order valence-electron chi connectivity index (χ2n) is 5.94. The molecule has 4 heteroatoms. The summed E-state index contributed by atoms with van der Waals surface area (Å²) in [6, 6.07) is 0.451. The highest BCUT2D eigenvalue weighted by atomic mass is 16.5. The van der Waals surface area contributed by atoms with Gasteiger partial charge in [0.1, 0.15) is 6.61 Å². The number of hydrogen-bond donors (Lipinski definition) is 1. The van der Waals surface area contributed by atoms with E-state index in [1.54, 1.807) is 0 Å². The van der Waals surface area contributed by atoms with Crippen molar-refractivity contribution in [3.8, 4) is 0 Å². The maximum absolute atomic E-state index is 12.0. The van der Waals surface area contributed by atoms with Crippen molar-refractivity contribution in [3.63, 3.8) is 0 Å². The Hall–Kier alpha value is -0.610. The molecule has 4 nitrogen and oxygen atoms in total. The van der Waals surface area contributed by atoms with E-state index in [0.717, 1.165) is 19.4 Å². The smallest absolute Gasteiger partial charge is 0.248 e. The number of hydrogen-bond acceptors (Lipinski definition) is 3. The number of nitrogens with two attached hydrogens (primary N) is 1. The van der Waals surface area contributed by atoms with Crippen LogP contribution >= 0.6 is 0 Å². The molecule has 2 rings (SSSR count). The summed E-state index contributed by atoms with van der Waals surface area (Å²) in [4.78, 5) is 14.1. The summed E-state index contributed by atoms with van der Waals surface area (Å²) >= 11 is 0. The first-order valence-corrected chi connectivity index (χ1v) is 7.28. The summed E-state index contributed by atoms with van der Waals surface area (Å²) in [6.07, 6.45) is 8.07. The van der Waals surface area contributed by atoms with Crippen molar-refractivity contribution in [3.05, 3.63) is 0 Å². The van der Waals surface area contributed by atoms with E-state index in [1.165, 1.54) is 32.1 Å². The van der Waals surface area contributed by atoms with Gasteiger partial charge in [-0.25, -0.2) is 0 Å². The largest absolute Gasteiger partial charge is 0.364 e. The molecule has 1 saturated heterocycles. The van der Waals surface area contributed by atoms with Crippen LogP contribution < -0.4 is 5.73 Å². The fraction of sp³-hybridized carbons (Fsp3) is 0.929. The molecule has 0 bridgehead atoms. The molecule has 1 aliphatic carbocycles. The van der Waals surface area contributed by atoms with E-state index in [0.29, 0.717) is 12.6 Å². The zero-order valence-electron chi connectivity index (χ0n) is 11.5.